The second-order valence-corrected chi connectivity index (χ2v) is 2.03. The quantitative estimate of drug-likeness (QED) is 0.606. The normalized spacial score (nSPS) is 7.92. The fourth-order valence-corrected chi connectivity index (χ4v) is 0.232. The predicted molar refractivity (Wildman–Crippen MR) is 43.6 cm³/mol. The van der Waals surface area contributed by atoms with Crippen LogP contribution in [-0.2, 0) is 9.53 Å². The van der Waals surface area contributed by atoms with Crippen molar-refractivity contribution in [1.82, 2.24) is 0 Å². The number of hydrogen-bond donors (Lipinski definition) is 2. The van der Waals surface area contributed by atoms with E-state index in [4.69, 9.17) is 5.11 Å². The van der Waals surface area contributed by atoms with Crippen molar-refractivity contribution in [1.29, 1.82) is 0 Å². The maximum absolute atomic E-state index is 9.81. The maximum Gasteiger partial charge on any atom is 0.404 e. The Morgan fingerprint density at radius 2 is 1.92 bits per heavy atom. The van der Waals surface area contributed by atoms with Crippen LogP contribution in [-0.4, -0.2) is 23.3 Å². The molecule has 0 saturated carbocycles. The van der Waals surface area contributed by atoms with E-state index in [2.05, 4.69) is 17.0 Å². The van der Waals surface area contributed by atoms with Crippen molar-refractivity contribution < 1.29 is 19.4 Å². The Morgan fingerprint density at radius 3 is 1.92 bits per heavy atom. The van der Waals surface area contributed by atoms with E-state index in [1.807, 2.05) is 0 Å². The molecule has 5 heteroatoms. The zero-order valence-corrected chi connectivity index (χ0v) is 7.11. The summed E-state index contributed by atoms with van der Waals surface area (Å²) in [6.07, 6.45) is 0.0208. The standard InChI is InChI=1S/C4H9NO2.C3H4O2/c1-3(2)7-4(5)6;1-2-3(4)5/h3H,1-2H3,(H2,5,6);2H,1H2,(H,4,5). The van der Waals surface area contributed by atoms with Crippen LogP contribution in [0.5, 0.6) is 0 Å². The number of rotatable bonds is 2. The van der Waals surface area contributed by atoms with Gasteiger partial charge in [-0.3, -0.25) is 0 Å². The molecule has 0 aromatic rings. The third-order valence-electron chi connectivity index (χ3n) is 0.526. The van der Waals surface area contributed by atoms with E-state index < -0.39 is 12.1 Å². The van der Waals surface area contributed by atoms with Gasteiger partial charge in [0.25, 0.3) is 0 Å². The van der Waals surface area contributed by atoms with Gasteiger partial charge in [-0.1, -0.05) is 6.58 Å². The van der Waals surface area contributed by atoms with Gasteiger partial charge in [-0.05, 0) is 13.8 Å². The van der Waals surface area contributed by atoms with E-state index in [1.165, 1.54) is 0 Å². The van der Waals surface area contributed by atoms with Gasteiger partial charge in [0.05, 0.1) is 6.10 Å². The summed E-state index contributed by atoms with van der Waals surface area (Å²) < 4.78 is 4.39. The van der Waals surface area contributed by atoms with E-state index in [0.717, 1.165) is 6.08 Å². The van der Waals surface area contributed by atoms with E-state index in [0.29, 0.717) is 0 Å². The van der Waals surface area contributed by atoms with Gasteiger partial charge in [-0.25, -0.2) is 9.59 Å². The highest BCUT2D eigenvalue weighted by atomic mass is 16.6. The van der Waals surface area contributed by atoms with Gasteiger partial charge in [0, 0.05) is 6.08 Å². The Kier molecular flexibility index (Phi) is 8.28. The zero-order chi connectivity index (χ0) is 10.1. The second-order valence-electron chi connectivity index (χ2n) is 2.03. The van der Waals surface area contributed by atoms with Gasteiger partial charge in [0.1, 0.15) is 0 Å². The molecule has 0 aromatic heterocycles. The van der Waals surface area contributed by atoms with Gasteiger partial charge < -0.3 is 15.6 Å². The lowest BCUT2D eigenvalue weighted by atomic mass is 10.5. The molecule has 0 aliphatic carbocycles. The fraction of sp³-hybridized carbons (Fsp3) is 0.429. The fourth-order valence-electron chi connectivity index (χ4n) is 0.232. The molecule has 5 nitrogen and oxygen atoms in total. The number of nitrogens with two attached hydrogens (primary N) is 1. The van der Waals surface area contributed by atoms with E-state index in [-0.39, 0.29) is 6.10 Å². The van der Waals surface area contributed by atoms with E-state index in [1.54, 1.807) is 13.8 Å². The van der Waals surface area contributed by atoms with Crippen molar-refractivity contribution in [2.45, 2.75) is 20.0 Å². The summed E-state index contributed by atoms with van der Waals surface area (Å²) in [5.41, 5.74) is 4.63. The molecular formula is C7H13NO4. The molecule has 0 fully saturated rings. The monoisotopic (exact) mass is 175 g/mol. The lowest BCUT2D eigenvalue weighted by Crippen LogP contribution is -2.17. The number of ether oxygens (including phenoxy) is 1. The summed E-state index contributed by atoms with van der Waals surface area (Å²) in [6.45, 7) is 6.44. The van der Waals surface area contributed by atoms with Crippen LogP contribution < -0.4 is 5.73 Å². The van der Waals surface area contributed by atoms with Crippen LogP contribution in [0.15, 0.2) is 12.7 Å². The summed E-state index contributed by atoms with van der Waals surface area (Å²) in [4.78, 5) is 19.1. The Balaban J connectivity index is 0. The van der Waals surface area contributed by atoms with Gasteiger partial charge in [-0.2, -0.15) is 0 Å². The minimum atomic E-state index is -0.981. The first-order valence-electron chi connectivity index (χ1n) is 3.21. The first-order valence-corrected chi connectivity index (χ1v) is 3.21. The van der Waals surface area contributed by atoms with Crippen LogP contribution >= 0.6 is 0 Å². The highest BCUT2D eigenvalue weighted by Gasteiger charge is 1.94. The molecule has 0 saturated heterocycles. The maximum atomic E-state index is 9.81. The first kappa shape index (κ1) is 13.1. The van der Waals surface area contributed by atoms with Crippen molar-refractivity contribution in [3.63, 3.8) is 0 Å². The molecule has 0 atom stereocenters. The molecule has 0 rings (SSSR count). The van der Waals surface area contributed by atoms with Gasteiger partial charge in [0.15, 0.2) is 0 Å². The number of amides is 1. The lowest BCUT2D eigenvalue weighted by Gasteiger charge is -2.01. The summed E-state index contributed by atoms with van der Waals surface area (Å²) in [5, 5.41) is 7.60. The molecule has 0 bridgehead atoms. The van der Waals surface area contributed by atoms with Crippen LogP contribution in [0.1, 0.15) is 13.8 Å². The number of carbonyl (C=O) groups is 2. The molecule has 0 radical (unpaired) electrons. The molecule has 3 N–H and O–H groups in total. The van der Waals surface area contributed by atoms with Gasteiger partial charge in [0.2, 0.25) is 0 Å². The number of carbonyl (C=O) groups excluding carboxylic acids is 1. The molecule has 0 aliphatic rings. The molecule has 70 valence electrons. The number of carboxylic acid groups (broad SMARTS) is 1. The SMILES string of the molecule is C=CC(=O)O.CC(C)OC(N)=O. The average molecular weight is 175 g/mol. The second kappa shape index (κ2) is 7.59. The van der Waals surface area contributed by atoms with Crippen molar-refractivity contribution in [3.05, 3.63) is 12.7 Å². The van der Waals surface area contributed by atoms with Crippen LogP contribution in [0.2, 0.25) is 0 Å². The molecule has 12 heavy (non-hydrogen) atoms. The van der Waals surface area contributed by atoms with Gasteiger partial charge >= 0.3 is 12.1 Å². The minimum absolute atomic E-state index is 0.0995. The Labute approximate surface area is 70.8 Å². The van der Waals surface area contributed by atoms with Crippen LogP contribution in [0, 0.1) is 0 Å². The van der Waals surface area contributed by atoms with Crippen LogP contribution in [0.4, 0.5) is 4.79 Å². The Bertz CT molecular complexity index is 165. The third kappa shape index (κ3) is 23.6. The number of aliphatic carboxylic acids is 1. The molecule has 0 unspecified atom stereocenters. The summed E-state index contributed by atoms with van der Waals surface area (Å²) in [5.74, 6) is -0.981. The van der Waals surface area contributed by atoms with E-state index in [9.17, 15) is 9.59 Å². The molecule has 1 amide bonds. The topological polar surface area (TPSA) is 89.6 Å². The highest BCUT2D eigenvalue weighted by molar-refractivity contribution is 5.78. The molecule has 0 spiro atoms. The van der Waals surface area contributed by atoms with Crippen molar-refractivity contribution >= 4 is 12.1 Å². The first-order chi connectivity index (χ1) is 5.40. The lowest BCUT2D eigenvalue weighted by molar-refractivity contribution is -0.131. The largest absolute Gasteiger partial charge is 0.478 e. The summed E-state index contributed by atoms with van der Waals surface area (Å²) in [6, 6.07) is 0. The van der Waals surface area contributed by atoms with Crippen molar-refractivity contribution in [2.24, 2.45) is 5.73 Å². The van der Waals surface area contributed by atoms with Gasteiger partial charge in [-0.15, -0.1) is 0 Å². The third-order valence-corrected chi connectivity index (χ3v) is 0.526. The molecule has 0 heterocycles. The smallest absolute Gasteiger partial charge is 0.404 e. The molecular weight excluding hydrogens is 162 g/mol. The average Bonchev–Trinajstić information content (AvgIpc) is 1.85. The summed E-state index contributed by atoms with van der Waals surface area (Å²) in [7, 11) is 0. The Morgan fingerprint density at radius 1 is 1.58 bits per heavy atom. The number of carboxylic acids is 1. The zero-order valence-electron chi connectivity index (χ0n) is 7.11. The van der Waals surface area contributed by atoms with Crippen LogP contribution in [0.3, 0.4) is 0 Å². The minimum Gasteiger partial charge on any atom is -0.478 e. The highest BCUT2D eigenvalue weighted by Crippen LogP contribution is 1.83. The predicted octanol–water partition coefficient (Wildman–Crippen LogP) is 0.747. The number of primary amides is 1. The van der Waals surface area contributed by atoms with Crippen molar-refractivity contribution in [3.8, 4) is 0 Å². The van der Waals surface area contributed by atoms with E-state index >= 15 is 0 Å². The van der Waals surface area contributed by atoms with Crippen molar-refractivity contribution in [2.75, 3.05) is 0 Å². The molecule has 0 aromatic carbocycles. The Hall–Kier alpha value is -1.52. The molecule has 0 aliphatic heterocycles. The van der Waals surface area contributed by atoms with Crippen LogP contribution in [0.25, 0.3) is 0 Å². The summed E-state index contributed by atoms with van der Waals surface area (Å²) >= 11 is 0. The number of hydrogen-bond acceptors (Lipinski definition) is 3.